The Morgan fingerprint density at radius 2 is 0.922 bits per heavy atom. The summed E-state index contributed by atoms with van der Waals surface area (Å²) in [7, 11) is 0. The number of benzene rings is 7. The van der Waals surface area contributed by atoms with Crippen molar-refractivity contribution in [1.82, 2.24) is 4.98 Å². The highest BCUT2D eigenvalue weighted by atomic mass is 32.1. The predicted molar refractivity (Wildman–Crippen MR) is 225 cm³/mol. The smallest absolute Gasteiger partial charge is 0.0723 e. The Balaban J connectivity index is 0.000000421. The van der Waals surface area contributed by atoms with Crippen LogP contribution in [0, 0.1) is 0 Å². The zero-order valence-corrected chi connectivity index (χ0v) is 30.3. The number of fused-ring (bicyclic) bond motifs is 9. The zero-order chi connectivity index (χ0) is 34.6. The van der Waals surface area contributed by atoms with Crippen LogP contribution in [0.15, 0.2) is 152 Å². The summed E-state index contributed by atoms with van der Waals surface area (Å²) in [5.41, 5.74) is 6.69. The molecule has 0 amide bonds. The van der Waals surface area contributed by atoms with Crippen LogP contribution in [-0.2, 0) is 0 Å². The molecule has 9 rings (SSSR count). The molecule has 0 aliphatic rings. The van der Waals surface area contributed by atoms with Gasteiger partial charge in [0.05, 0.1) is 11.4 Å². The van der Waals surface area contributed by atoms with Gasteiger partial charge in [-0.1, -0.05) is 174 Å². The van der Waals surface area contributed by atoms with Gasteiger partial charge in [-0.05, 0) is 73.8 Å². The van der Waals surface area contributed by atoms with Gasteiger partial charge in [0.15, 0.2) is 0 Å². The molecule has 2 aromatic heterocycles. The quantitative estimate of drug-likeness (QED) is 0.115. The van der Waals surface area contributed by atoms with Crippen molar-refractivity contribution in [1.29, 1.82) is 0 Å². The molecule has 0 aliphatic carbocycles. The minimum Gasteiger partial charge on any atom is -0.248 e. The molecule has 51 heavy (non-hydrogen) atoms. The molecule has 0 aliphatic heterocycles. The van der Waals surface area contributed by atoms with Crippen LogP contribution < -0.4 is 0 Å². The highest BCUT2D eigenvalue weighted by Crippen LogP contribution is 2.40. The van der Waals surface area contributed by atoms with Crippen molar-refractivity contribution in [2.75, 3.05) is 0 Å². The third-order valence-corrected chi connectivity index (χ3v) is 11.3. The van der Waals surface area contributed by atoms with E-state index in [2.05, 4.69) is 166 Å². The van der Waals surface area contributed by atoms with Crippen LogP contribution in [0.4, 0.5) is 0 Å². The summed E-state index contributed by atoms with van der Waals surface area (Å²) in [6.45, 7) is 4.51. The van der Waals surface area contributed by atoms with E-state index in [0.717, 1.165) is 17.0 Å². The van der Waals surface area contributed by atoms with Crippen LogP contribution in [0.5, 0.6) is 0 Å². The Morgan fingerprint density at radius 3 is 1.63 bits per heavy atom. The molecule has 0 unspecified atom stereocenters. The Bertz CT molecular complexity index is 2590. The molecular formula is C49H43NS. The Kier molecular flexibility index (Phi) is 9.60. The molecule has 0 atom stereocenters. The molecule has 7 aromatic carbocycles. The number of hydrogen-bond donors (Lipinski definition) is 0. The number of nitrogens with zero attached hydrogens (tertiary/aromatic N) is 1. The standard InChI is InChI=1S/C41H25NS.C8H18/c1-2-14-31-29(12-1)30-13-3-4-15-32(30)37-25-27(22-23-33(31)37)26-10-7-11-28(24-26)38-19-9-20-39(42-38)36-18-8-17-35-34-16-5-6-21-40(34)43-41(35)36;1-3-5-7-8-6-4-2/h1-25H;3-8H2,1-2H3. The summed E-state index contributed by atoms with van der Waals surface area (Å²) >= 11 is 1.85. The van der Waals surface area contributed by atoms with Gasteiger partial charge >= 0.3 is 0 Å². The largest absolute Gasteiger partial charge is 0.248 e. The maximum absolute atomic E-state index is 5.20. The Morgan fingerprint density at radius 1 is 0.392 bits per heavy atom. The average Bonchev–Trinajstić information content (AvgIpc) is 3.59. The van der Waals surface area contributed by atoms with Gasteiger partial charge in [0.2, 0.25) is 0 Å². The van der Waals surface area contributed by atoms with E-state index in [0.29, 0.717) is 0 Å². The lowest BCUT2D eigenvalue weighted by Crippen LogP contribution is -1.89. The van der Waals surface area contributed by atoms with Gasteiger partial charge in [0.25, 0.3) is 0 Å². The number of hydrogen-bond acceptors (Lipinski definition) is 2. The molecule has 2 heteroatoms. The molecule has 0 saturated carbocycles. The van der Waals surface area contributed by atoms with E-state index in [1.807, 2.05) is 11.3 Å². The molecular weight excluding hydrogens is 635 g/mol. The molecule has 1 nitrogen and oxygen atoms in total. The van der Waals surface area contributed by atoms with Crippen LogP contribution >= 0.6 is 11.3 Å². The van der Waals surface area contributed by atoms with Crippen molar-refractivity contribution in [3.63, 3.8) is 0 Å². The Hall–Kier alpha value is -5.31. The van der Waals surface area contributed by atoms with Crippen LogP contribution in [0.2, 0.25) is 0 Å². The van der Waals surface area contributed by atoms with Gasteiger partial charge < -0.3 is 0 Å². The second-order valence-corrected chi connectivity index (χ2v) is 14.6. The van der Waals surface area contributed by atoms with Crippen molar-refractivity contribution in [3.8, 4) is 33.6 Å². The summed E-state index contributed by atoms with van der Waals surface area (Å²) in [5, 5.41) is 10.4. The van der Waals surface area contributed by atoms with E-state index < -0.39 is 0 Å². The molecule has 0 bridgehead atoms. The van der Waals surface area contributed by atoms with Crippen molar-refractivity contribution in [2.45, 2.75) is 52.4 Å². The number of rotatable bonds is 8. The monoisotopic (exact) mass is 677 g/mol. The molecule has 250 valence electrons. The van der Waals surface area contributed by atoms with Gasteiger partial charge in [-0.3, -0.25) is 0 Å². The fraction of sp³-hybridized carbons (Fsp3) is 0.163. The van der Waals surface area contributed by atoms with Crippen molar-refractivity contribution >= 4 is 63.8 Å². The number of thiophene rings is 1. The summed E-state index contributed by atoms with van der Waals surface area (Å²) in [4.78, 5) is 5.20. The van der Waals surface area contributed by atoms with E-state index in [-0.39, 0.29) is 0 Å². The van der Waals surface area contributed by atoms with Gasteiger partial charge in [-0.25, -0.2) is 4.98 Å². The third kappa shape index (κ3) is 6.53. The second kappa shape index (κ2) is 14.9. The van der Waals surface area contributed by atoms with E-state index in [1.165, 1.54) is 108 Å². The van der Waals surface area contributed by atoms with Crippen molar-refractivity contribution in [3.05, 3.63) is 152 Å². The highest BCUT2D eigenvalue weighted by Gasteiger charge is 2.13. The van der Waals surface area contributed by atoms with Gasteiger partial charge in [-0.2, -0.15) is 0 Å². The topological polar surface area (TPSA) is 12.9 Å². The van der Waals surface area contributed by atoms with E-state index >= 15 is 0 Å². The minimum absolute atomic E-state index is 0.981. The second-order valence-electron chi connectivity index (χ2n) is 13.5. The Labute approximate surface area is 305 Å². The first-order valence-corrected chi connectivity index (χ1v) is 19.4. The summed E-state index contributed by atoms with van der Waals surface area (Å²) < 4.78 is 2.60. The molecule has 0 fully saturated rings. The van der Waals surface area contributed by atoms with E-state index in [1.54, 1.807) is 0 Å². The molecule has 9 aromatic rings. The lowest BCUT2D eigenvalue weighted by atomic mass is 9.91. The zero-order valence-electron chi connectivity index (χ0n) is 29.5. The lowest BCUT2D eigenvalue weighted by molar-refractivity contribution is 0.624. The molecule has 0 N–H and O–H groups in total. The molecule has 0 spiro atoms. The fourth-order valence-corrected chi connectivity index (χ4v) is 8.72. The first-order chi connectivity index (χ1) is 25.2. The molecule has 0 radical (unpaired) electrons. The lowest BCUT2D eigenvalue weighted by Gasteiger charge is -2.12. The number of unbranched alkanes of at least 4 members (excludes halogenated alkanes) is 5. The number of pyridine rings is 1. The first kappa shape index (κ1) is 32.9. The molecule has 0 saturated heterocycles. The van der Waals surface area contributed by atoms with Crippen LogP contribution in [0.3, 0.4) is 0 Å². The van der Waals surface area contributed by atoms with Crippen LogP contribution in [-0.4, -0.2) is 4.98 Å². The fourth-order valence-electron chi connectivity index (χ4n) is 7.49. The normalized spacial score (nSPS) is 11.4. The minimum atomic E-state index is 0.981. The van der Waals surface area contributed by atoms with Gasteiger partial charge in [-0.15, -0.1) is 11.3 Å². The third-order valence-electron chi connectivity index (χ3n) is 10.1. The maximum Gasteiger partial charge on any atom is 0.0723 e. The highest BCUT2D eigenvalue weighted by molar-refractivity contribution is 7.26. The number of aromatic nitrogens is 1. The van der Waals surface area contributed by atoms with Gasteiger partial charge in [0, 0.05) is 31.3 Å². The maximum atomic E-state index is 5.20. The van der Waals surface area contributed by atoms with Crippen molar-refractivity contribution < 1.29 is 0 Å². The van der Waals surface area contributed by atoms with Crippen LogP contribution in [0.25, 0.3) is 86.1 Å². The van der Waals surface area contributed by atoms with E-state index in [4.69, 9.17) is 4.98 Å². The first-order valence-electron chi connectivity index (χ1n) is 18.5. The summed E-state index contributed by atoms with van der Waals surface area (Å²) in [6.07, 6.45) is 8.49. The predicted octanol–water partition coefficient (Wildman–Crippen LogP) is 15.3. The molecule has 2 heterocycles. The average molecular weight is 678 g/mol. The van der Waals surface area contributed by atoms with E-state index in [9.17, 15) is 0 Å². The summed E-state index contributed by atoms with van der Waals surface area (Å²) in [6, 6.07) is 54.8. The summed E-state index contributed by atoms with van der Waals surface area (Å²) in [5.74, 6) is 0. The SMILES string of the molecule is CCCCCCCC.c1cc(-c2ccc3c4ccccc4c4ccccc4c3c2)cc(-c2cccc(-c3cccc4c3sc3ccccc34)n2)c1. The van der Waals surface area contributed by atoms with Crippen LogP contribution in [0.1, 0.15) is 52.4 Å². The van der Waals surface area contributed by atoms with Gasteiger partial charge in [0.1, 0.15) is 0 Å². The van der Waals surface area contributed by atoms with Crippen molar-refractivity contribution in [2.24, 2.45) is 0 Å².